The molecule has 6 heteroatoms. The highest BCUT2D eigenvalue weighted by Crippen LogP contribution is 2.42. The fourth-order valence-corrected chi connectivity index (χ4v) is 3.75. The largest absolute Gasteiger partial charge is 0.497 e. The van der Waals surface area contributed by atoms with Gasteiger partial charge >= 0.3 is 0 Å². The van der Waals surface area contributed by atoms with Gasteiger partial charge < -0.3 is 14.2 Å². The van der Waals surface area contributed by atoms with Crippen LogP contribution in [0.15, 0.2) is 66.7 Å². The highest BCUT2D eigenvalue weighted by molar-refractivity contribution is 6.15. The Kier molecular flexibility index (Phi) is 4.69. The normalized spacial score (nSPS) is 16.6. The van der Waals surface area contributed by atoms with Crippen molar-refractivity contribution in [2.45, 2.75) is 13.1 Å². The molecule has 0 bridgehead atoms. The number of carbonyl (C=O) groups excluding carboxylic acids is 1. The lowest BCUT2D eigenvalue weighted by atomic mass is 10.0. The van der Waals surface area contributed by atoms with Gasteiger partial charge in [0, 0.05) is 25.5 Å². The highest BCUT2D eigenvalue weighted by Gasteiger charge is 2.33. The number of nitrogens with zero attached hydrogens (tertiary/aromatic N) is 2. The zero-order valence-electron chi connectivity index (χ0n) is 16.5. The summed E-state index contributed by atoms with van der Waals surface area (Å²) < 4.78 is 17.3. The minimum atomic E-state index is -0.124. The number of pyridine rings is 1. The fraction of sp³-hybridized carbons (Fsp3) is 0.167. The van der Waals surface area contributed by atoms with Gasteiger partial charge in [-0.2, -0.15) is 0 Å². The molecular formula is C24H20N2O4. The number of Topliss-reactive ketones (excluding diaryl/α,β-unsaturated/α-hetero) is 1. The van der Waals surface area contributed by atoms with E-state index in [2.05, 4.69) is 16.0 Å². The third kappa shape index (κ3) is 3.42. The Bertz CT molecular complexity index is 1140. The van der Waals surface area contributed by atoms with Crippen molar-refractivity contribution in [3.05, 3.63) is 88.9 Å². The van der Waals surface area contributed by atoms with E-state index in [0.29, 0.717) is 36.9 Å². The van der Waals surface area contributed by atoms with E-state index in [9.17, 15) is 4.79 Å². The van der Waals surface area contributed by atoms with Crippen LogP contribution in [0.4, 0.5) is 0 Å². The Hall–Kier alpha value is -3.64. The summed E-state index contributed by atoms with van der Waals surface area (Å²) in [5.41, 5.74) is 3.40. The number of methoxy groups -OCH3 is 1. The molecule has 6 nitrogen and oxygen atoms in total. The maximum Gasteiger partial charge on any atom is 0.231 e. The van der Waals surface area contributed by atoms with Crippen molar-refractivity contribution in [3.63, 3.8) is 0 Å². The Morgan fingerprint density at radius 1 is 1.20 bits per heavy atom. The average molecular weight is 400 g/mol. The minimum Gasteiger partial charge on any atom is -0.497 e. The van der Waals surface area contributed by atoms with Crippen LogP contribution in [0.5, 0.6) is 17.2 Å². The Balaban J connectivity index is 1.41. The smallest absolute Gasteiger partial charge is 0.231 e. The monoisotopic (exact) mass is 400 g/mol. The van der Waals surface area contributed by atoms with Crippen molar-refractivity contribution in [3.8, 4) is 17.2 Å². The predicted molar refractivity (Wildman–Crippen MR) is 111 cm³/mol. The van der Waals surface area contributed by atoms with E-state index in [-0.39, 0.29) is 5.78 Å². The minimum absolute atomic E-state index is 0.124. The summed E-state index contributed by atoms with van der Waals surface area (Å²) in [6.45, 7) is 1.80. The molecule has 2 aliphatic rings. The van der Waals surface area contributed by atoms with Crippen molar-refractivity contribution in [1.82, 2.24) is 9.88 Å². The molecule has 0 fully saturated rings. The molecular weight excluding hydrogens is 380 g/mol. The number of rotatable bonds is 4. The molecule has 5 rings (SSSR count). The maximum absolute atomic E-state index is 12.8. The number of ketones is 1. The number of fused-ring (bicyclic) bond motifs is 3. The van der Waals surface area contributed by atoms with Crippen molar-refractivity contribution < 1.29 is 19.0 Å². The Morgan fingerprint density at radius 2 is 2.13 bits per heavy atom. The topological polar surface area (TPSA) is 60.9 Å². The number of aromatic nitrogens is 1. The van der Waals surface area contributed by atoms with E-state index >= 15 is 0 Å². The molecule has 0 aliphatic carbocycles. The molecule has 0 saturated heterocycles. The van der Waals surface area contributed by atoms with E-state index < -0.39 is 0 Å². The molecule has 3 heterocycles. The van der Waals surface area contributed by atoms with E-state index in [1.165, 1.54) is 0 Å². The molecule has 3 aromatic rings. The zero-order chi connectivity index (χ0) is 20.5. The summed E-state index contributed by atoms with van der Waals surface area (Å²) in [6.07, 6.45) is 5.11. The van der Waals surface area contributed by atoms with Gasteiger partial charge in [-0.1, -0.05) is 18.2 Å². The molecule has 150 valence electrons. The van der Waals surface area contributed by atoms with Crippen LogP contribution < -0.4 is 14.2 Å². The number of benzene rings is 2. The third-order valence-electron chi connectivity index (χ3n) is 5.20. The first-order chi connectivity index (χ1) is 14.7. The van der Waals surface area contributed by atoms with Crippen LogP contribution in [0.3, 0.4) is 0 Å². The van der Waals surface area contributed by atoms with Gasteiger partial charge in [-0.05, 0) is 47.5 Å². The van der Waals surface area contributed by atoms with Gasteiger partial charge in [0.25, 0.3) is 0 Å². The molecule has 0 saturated carbocycles. The van der Waals surface area contributed by atoms with Gasteiger partial charge in [0.15, 0.2) is 5.76 Å². The molecule has 0 N–H and O–H groups in total. The van der Waals surface area contributed by atoms with E-state index in [4.69, 9.17) is 14.2 Å². The number of hydrogen-bond acceptors (Lipinski definition) is 6. The lowest BCUT2D eigenvalue weighted by Gasteiger charge is -2.29. The average Bonchev–Trinajstić information content (AvgIpc) is 3.10. The van der Waals surface area contributed by atoms with Gasteiger partial charge in [0.05, 0.1) is 18.2 Å². The highest BCUT2D eigenvalue weighted by atomic mass is 16.5. The fourth-order valence-electron chi connectivity index (χ4n) is 3.75. The second-order valence-electron chi connectivity index (χ2n) is 7.26. The van der Waals surface area contributed by atoms with E-state index in [1.807, 2.05) is 36.4 Å². The SMILES string of the molecule is COc1cccc(CN2COc3ccc4c(c3C2)OC(=Cc2cccnc2)C4=O)c1. The zero-order valence-corrected chi connectivity index (χ0v) is 16.5. The van der Waals surface area contributed by atoms with E-state index in [1.54, 1.807) is 31.6 Å². The van der Waals surface area contributed by atoms with Crippen molar-refractivity contribution in [1.29, 1.82) is 0 Å². The first kappa shape index (κ1) is 18.4. The van der Waals surface area contributed by atoms with Gasteiger partial charge in [0.2, 0.25) is 5.78 Å². The molecule has 30 heavy (non-hydrogen) atoms. The van der Waals surface area contributed by atoms with Crippen LogP contribution in [-0.2, 0) is 13.1 Å². The summed E-state index contributed by atoms with van der Waals surface area (Å²) >= 11 is 0. The first-order valence-corrected chi connectivity index (χ1v) is 9.69. The molecule has 0 spiro atoms. The Morgan fingerprint density at radius 3 is 2.97 bits per heavy atom. The molecule has 2 aromatic carbocycles. The van der Waals surface area contributed by atoms with Gasteiger partial charge in [-0.25, -0.2) is 0 Å². The van der Waals surface area contributed by atoms with Crippen molar-refractivity contribution >= 4 is 11.9 Å². The van der Waals surface area contributed by atoms with Gasteiger partial charge in [-0.15, -0.1) is 0 Å². The van der Waals surface area contributed by atoms with Gasteiger partial charge in [-0.3, -0.25) is 14.7 Å². The van der Waals surface area contributed by atoms with E-state index in [0.717, 1.165) is 28.2 Å². The summed E-state index contributed by atoms with van der Waals surface area (Å²) in [6, 6.07) is 15.3. The van der Waals surface area contributed by atoms with Crippen molar-refractivity contribution in [2.24, 2.45) is 0 Å². The quantitative estimate of drug-likeness (QED) is 0.616. The van der Waals surface area contributed by atoms with Crippen LogP contribution >= 0.6 is 0 Å². The number of ether oxygens (including phenoxy) is 3. The van der Waals surface area contributed by atoms with Crippen LogP contribution in [0.1, 0.15) is 27.0 Å². The second-order valence-corrected chi connectivity index (χ2v) is 7.26. The standard InChI is InChI=1S/C24H20N2O4/c1-28-18-6-2-4-17(10-18)13-26-14-20-21(29-15-26)8-7-19-23(27)22(30-24(19)20)11-16-5-3-9-25-12-16/h2-12H,13-15H2,1H3. The molecule has 1 aromatic heterocycles. The number of carbonyl (C=O) groups is 1. The molecule has 0 atom stereocenters. The van der Waals surface area contributed by atoms with Gasteiger partial charge in [0.1, 0.15) is 24.0 Å². The summed E-state index contributed by atoms with van der Waals surface area (Å²) in [7, 11) is 1.66. The van der Waals surface area contributed by atoms with Crippen LogP contribution in [0.25, 0.3) is 6.08 Å². The van der Waals surface area contributed by atoms with Crippen molar-refractivity contribution in [2.75, 3.05) is 13.8 Å². The first-order valence-electron chi connectivity index (χ1n) is 9.69. The third-order valence-corrected chi connectivity index (χ3v) is 5.20. The van der Waals surface area contributed by atoms with Crippen LogP contribution in [0.2, 0.25) is 0 Å². The molecule has 0 unspecified atom stereocenters. The number of allylic oxidation sites excluding steroid dienone is 1. The molecule has 2 aliphatic heterocycles. The lowest BCUT2D eigenvalue weighted by molar-refractivity contribution is 0.0872. The molecule has 0 radical (unpaired) electrons. The Labute approximate surface area is 174 Å². The summed E-state index contributed by atoms with van der Waals surface area (Å²) in [4.78, 5) is 19.1. The summed E-state index contributed by atoms with van der Waals surface area (Å²) in [5, 5.41) is 0. The summed E-state index contributed by atoms with van der Waals surface area (Å²) in [5.74, 6) is 2.35. The number of hydrogen-bond donors (Lipinski definition) is 0. The second kappa shape index (κ2) is 7.65. The lowest BCUT2D eigenvalue weighted by Crippen LogP contribution is -2.31. The van der Waals surface area contributed by atoms with Crippen LogP contribution in [-0.4, -0.2) is 29.5 Å². The predicted octanol–water partition coefficient (Wildman–Crippen LogP) is 4.06. The maximum atomic E-state index is 12.8. The van der Waals surface area contributed by atoms with Crippen LogP contribution in [0, 0.1) is 0 Å². The molecule has 0 amide bonds.